The first-order valence-corrected chi connectivity index (χ1v) is 8.06. The lowest BCUT2D eigenvalue weighted by molar-refractivity contribution is 0.0602. The molecule has 8 heteroatoms. The smallest absolute Gasteiger partial charge is 0.339 e. The van der Waals surface area contributed by atoms with Crippen LogP contribution in [0.1, 0.15) is 26.5 Å². The zero-order valence-electron chi connectivity index (χ0n) is 14.1. The molecule has 2 aromatic carbocycles. The number of rotatable bonds is 4. The lowest BCUT2D eigenvalue weighted by atomic mass is 10.1. The molecule has 3 rings (SSSR count). The molecule has 0 bridgehead atoms. The fourth-order valence-electron chi connectivity index (χ4n) is 2.37. The number of halogens is 1. The highest BCUT2D eigenvalue weighted by atomic mass is 35.5. The van der Waals surface area contributed by atoms with Gasteiger partial charge in [-0.05, 0) is 37.3 Å². The Bertz CT molecular complexity index is 984. The lowest BCUT2D eigenvalue weighted by Gasteiger charge is -2.08. The van der Waals surface area contributed by atoms with Crippen molar-refractivity contribution in [2.24, 2.45) is 0 Å². The van der Waals surface area contributed by atoms with Crippen LogP contribution in [0.2, 0.25) is 5.02 Å². The van der Waals surface area contributed by atoms with E-state index in [1.807, 2.05) is 0 Å². The normalized spacial score (nSPS) is 10.4. The topological polar surface area (TPSA) is 86.1 Å². The second-order valence-electron chi connectivity index (χ2n) is 5.39. The van der Waals surface area contributed by atoms with Crippen molar-refractivity contribution in [1.82, 2.24) is 15.0 Å². The van der Waals surface area contributed by atoms with Crippen LogP contribution in [-0.4, -0.2) is 34.0 Å². The van der Waals surface area contributed by atoms with E-state index in [-0.39, 0.29) is 11.3 Å². The average molecular weight is 371 g/mol. The summed E-state index contributed by atoms with van der Waals surface area (Å²) in [7, 11) is 1.28. The zero-order valence-corrected chi connectivity index (χ0v) is 14.8. The van der Waals surface area contributed by atoms with Crippen LogP contribution in [0.25, 0.3) is 5.69 Å². The summed E-state index contributed by atoms with van der Waals surface area (Å²) >= 11 is 5.98. The Morgan fingerprint density at radius 2 is 1.88 bits per heavy atom. The third-order valence-electron chi connectivity index (χ3n) is 3.62. The standard InChI is InChI=1S/C18H15ClN4O3/c1-11-16(22-23(21-11)13-7-5-6-12(19)10-13)17(24)20-15-9-4-3-8-14(15)18(25)26-2/h3-10H,1-2H3,(H,20,24). The molecule has 0 aliphatic heterocycles. The minimum atomic E-state index is -0.541. The van der Waals surface area contributed by atoms with Gasteiger partial charge in [-0.15, -0.1) is 5.10 Å². The molecule has 0 saturated carbocycles. The number of nitrogens with zero attached hydrogens (tertiary/aromatic N) is 3. The number of amides is 1. The van der Waals surface area contributed by atoms with Gasteiger partial charge in [0, 0.05) is 5.02 Å². The predicted octanol–water partition coefficient (Wildman–Crippen LogP) is 3.27. The summed E-state index contributed by atoms with van der Waals surface area (Å²) in [5.41, 5.74) is 1.81. The molecule has 26 heavy (non-hydrogen) atoms. The molecule has 1 N–H and O–H groups in total. The molecule has 1 amide bonds. The molecule has 0 unspecified atom stereocenters. The summed E-state index contributed by atoms with van der Waals surface area (Å²) in [4.78, 5) is 25.8. The third kappa shape index (κ3) is 3.57. The summed E-state index contributed by atoms with van der Waals surface area (Å²) < 4.78 is 4.73. The number of ether oxygens (including phenoxy) is 1. The van der Waals surface area contributed by atoms with Crippen molar-refractivity contribution in [2.45, 2.75) is 6.92 Å². The molecule has 0 atom stereocenters. The van der Waals surface area contributed by atoms with Gasteiger partial charge >= 0.3 is 5.97 Å². The SMILES string of the molecule is COC(=O)c1ccccc1NC(=O)c1nn(-c2cccc(Cl)c2)nc1C. The summed E-state index contributed by atoms with van der Waals surface area (Å²) in [5, 5.41) is 11.7. The van der Waals surface area contributed by atoms with Gasteiger partial charge in [0.05, 0.1) is 29.7 Å². The summed E-state index contributed by atoms with van der Waals surface area (Å²) in [5.74, 6) is -1.02. The van der Waals surface area contributed by atoms with Crippen LogP contribution < -0.4 is 5.32 Å². The van der Waals surface area contributed by atoms with E-state index in [0.29, 0.717) is 22.1 Å². The highest BCUT2D eigenvalue weighted by Gasteiger charge is 2.19. The Hall–Kier alpha value is -3.19. The number of nitrogens with one attached hydrogen (secondary N) is 1. The van der Waals surface area contributed by atoms with Gasteiger partial charge in [0.2, 0.25) is 0 Å². The van der Waals surface area contributed by atoms with Crippen molar-refractivity contribution < 1.29 is 14.3 Å². The van der Waals surface area contributed by atoms with Gasteiger partial charge in [0.25, 0.3) is 5.91 Å². The van der Waals surface area contributed by atoms with Gasteiger partial charge in [0.1, 0.15) is 0 Å². The number of benzene rings is 2. The average Bonchev–Trinajstić information content (AvgIpc) is 3.03. The van der Waals surface area contributed by atoms with Gasteiger partial charge in [-0.3, -0.25) is 4.79 Å². The van der Waals surface area contributed by atoms with Crippen LogP contribution in [0.3, 0.4) is 0 Å². The van der Waals surface area contributed by atoms with Gasteiger partial charge in [-0.2, -0.15) is 9.90 Å². The van der Waals surface area contributed by atoms with Crippen molar-refractivity contribution in [1.29, 1.82) is 0 Å². The molecule has 0 radical (unpaired) electrons. The van der Waals surface area contributed by atoms with E-state index in [9.17, 15) is 9.59 Å². The molecule has 0 aliphatic carbocycles. The second kappa shape index (κ2) is 7.37. The fraction of sp³-hybridized carbons (Fsp3) is 0.111. The van der Waals surface area contributed by atoms with E-state index in [1.165, 1.54) is 11.9 Å². The van der Waals surface area contributed by atoms with E-state index in [4.69, 9.17) is 16.3 Å². The maximum Gasteiger partial charge on any atom is 0.339 e. The largest absolute Gasteiger partial charge is 0.465 e. The maximum absolute atomic E-state index is 12.6. The number of carbonyl (C=O) groups excluding carboxylic acids is 2. The van der Waals surface area contributed by atoms with E-state index in [2.05, 4.69) is 15.5 Å². The predicted molar refractivity (Wildman–Crippen MR) is 96.8 cm³/mol. The Kier molecular flexibility index (Phi) is 4.99. The van der Waals surface area contributed by atoms with Crippen molar-refractivity contribution in [3.63, 3.8) is 0 Å². The summed E-state index contributed by atoms with van der Waals surface area (Å²) in [6.07, 6.45) is 0. The van der Waals surface area contributed by atoms with Gasteiger partial charge in [-0.1, -0.05) is 29.8 Å². The van der Waals surface area contributed by atoms with Crippen LogP contribution in [0.4, 0.5) is 5.69 Å². The van der Waals surface area contributed by atoms with Crippen molar-refractivity contribution in [3.05, 3.63) is 70.5 Å². The number of esters is 1. The molecule has 1 aromatic heterocycles. The number of aryl methyl sites for hydroxylation is 1. The van der Waals surface area contributed by atoms with Crippen LogP contribution in [0.15, 0.2) is 48.5 Å². The Morgan fingerprint density at radius 1 is 1.12 bits per heavy atom. The molecular formula is C18H15ClN4O3. The van der Waals surface area contributed by atoms with Crippen molar-refractivity contribution in [2.75, 3.05) is 12.4 Å². The molecule has 1 heterocycles. The zero-order chi connectivity index (χ0) is 18.7. The number of para-hydroxylation sites is 1. The molecule has 132 valence electrons. The minimum Gasteiger partial charge on any atom is -0.465 e. The van der Waals surface area contributed by atoms with E-state index < -0.39 is 11.9 Å². The number of hydrogen-bond acceptors (Lipinski definition) is 5. The minimum absolute atomic E-state index is 0.143. The molecule has 0 spiro atoms. The fourth-order valence-corrected chi connectivity index (χ4v) is 2.55. The van der Waals surface area contributed by atoms with Crippen LogP contribution in [0, 0.1) is 6.92 Å². The Balaban J connectivity index is 1.89. The number of carbonyl (C=O) groups is 2. The van der Waals surface area contributed by atoms with Crippen molar-refractivity contribution in [3.8, 4) is 5.69 Å². The molecule has 0 fully saturated rings. The highest BCUT2D eigenvalue weighted by molar-refractivity contribution is 6.30. The molecule has 3 aromatic rings. The third-order valence-corrected chi connectivity index (χ3v) is 3.85. The van der Waals surface area contributed by atoms with Crippen LogP contribution in [-0.2, 0) is 4.74 Å². The van der Waals surface area contributed by atoms with E-state index in [0.717, 1.165) is 0 Å². The van der Waals surface area contributed by atoms with Gasteiger partial charge in [0.15, 0.2) is 5.69 Å². The highest BCUT2D eigenvalue weighted by Crippen LogP contribution is 2.18. The number of aromatic nitrogens is 3. The van der Waals surface area contributed by atoms with Crippen LogP contribution in [0.5, 0.6) is 0 Å². The van der Waals surface area contributed by atoms with Gasteiger partial charge < -0.3 is 10.1 Å². The summed E-state index contributed by atoms with van der Waals surface area (Å²) in [6, 6.07) is 13.5. The van der Waals surface area contributed by atoms with Crippen molar-refractivity contribution >= 4 is 29.2 Å². The number of hydrogen-bond donors (Lipinski definition) is 1. The van der Waals surface area contributed by atoms with E-state index in [1.54, 1.807) is 55.5 Å². The number of anilines is 1. The summed E-state index contributed by atoms with van der Waals surface area (Å²) in [6.45, 7) is 1.68. The molecule has 7 nitrogen and oxygen atoms in total. The maximum atomic E-state index is 12.6. The number of methoxy groups -OCH3 is 1. The first kappa shape index (κ1) is 17.6. The van der Waals surface area contributed by atoms with E-state index >= 15 is 0 Å². The molecule has 0 aliphatic rings. The Labute approximate surface area is 154 Å². The monoisotopic (exact) mass is 370 g/mol. The molecular weight excluding hydrogens is 356 g/mol. The lowest BCUT2D eigenvalue weighted by Crippen LogP contribution is -2.17. The van der Waals surface area contributed by atoms with Gasteiger partial charge in [-0.25, -0.2) is 4.79 Å². The Morgan fingerprint density at radius 3 is 2.62 bits per heavy atom. The molecule has 0 saturated heterocycles. The quantitative estimate of drug-likeness (QED) is 0.712. The van der Waals surface area contributed by atoms with Crippen LogP contribution >= 0.6 is 11.6 Å². The second-order valence-corrected chi connectivity index (χ2v) is 5.83. The first-order chi connectivity index (χ1) is 12.5. The first-order valence-electron chi connectivity index (χ1n) is 7.68.